The van der Waals surface area contributed by atoms with Crippen LogP contribution >= 0.6 is 15.6 Å². The van der Waals surface area contributed by atoms with Gasteiger partial charge < -0.3 is 34.2 Å². The van der Waals surface area contributed by atoms with Gasteiger partial charge >= 0.3 is 33.6 Å². The van der Waals surface area contributed by atoms with Gasteiger partial charge in [-0.1, -0.05) is 261 Å². The molecular formula is C71H128O16P2. The number of allylic oxidation sites excluding steroid dienone is 12. The van der Waals surface area contributed by atoms with Crippen LogP contribution in [0, 0.1) is 0 Å². The maximum atomic E-state index is 12.9. The second-order valence-corrected chi connectivity index (χ2v) is 26.6. The molecule has 0 saturated carbocycles. The molecule has 0 rings (SSSR count). The van der Waals surface area contributed by atoms with Crippen LogP contribution < -0.4 is 0 Å². The van der Waals surface area contributed by atoms with Crippen molar-refractivity contribution in [3.63, 3.8) is 0 Å². The number of aliphatic hydroxyl groups excluding tert-OH is 2. The molecule has 5 atom stereocenters. The fraction of sp³-hybridized carbons (Fsp3) is 0.789. The monoisotopic (exact) mass is 1300 g/mol. The summed E-state index contributed by atoms with van der Waals surface area (Å²) in [6.07, 6.45) is 67.9. The first kappa shape index (κ1) is 86.0. The third-order valence-corrected chi connectivity index (χ3v) is 16.8. The van der Waals surface area contributed by atoms with Crippen LogP contribution in [0.15, 0.2) is 72.9 Å². The Morgan fingerprint density at radius 3 is 0.910 bits per heavy atom. The molecule has 89 heavy (non-hydrogen) atoms. The molecule has 0 spiro atoms. The molecule has 0 amide bonds. The first-order valence-corrected chi connectivity index (χ1v) is 38.2. The molecule has 16 nitrogen and oxygen atoms in total. The molecule has 0 aliphatic rings. The molecule has 0 aromatic heterocycles. The number of ether oxygens (including phenoxy) is 3. The number of phosphoric acid groups is 2. The van der Waals surface area contributed by atoms with Gasteiger partial charge in [0.1, 0.15) is 25.4 Å². The summed E-state index contributed by atoms with van der Waals surface area (Å²) < 4.78 is 60.9. The number of unbranched alkanes of at least 4 members (excludes halogenated alkanes) is 32. The Bertz CT molecular complexity index is 1920. The van der Waals surface area contributed by atoms with E-state index in [0.29, 0.717) is 19.3 Å². The molecule has 0 bridgehead atoms. The molecule has 0 heterocycles. The smallest absolute Gasteiger partial charge is 0.463 e. The van der Waals surface area contributed by atoms with Crippen molar-refractivity contribution in [2.75, 3.05) is 39.6 Å². The van der Waals surface area contributed by atoms with E-state index in [1.54, 1.807) is 0 Å². The van der Waals surface area contributed by atoms with E-state index in [1.807, 2.05) is 0 Å². The van der Waals surface area contributed by atoms with Crippen molar-refractivity contribution in [2.45, 2.75) is 322 Å². The molecule has 0 aliphatic heterocycles. The number of carbonyl (C=O) groups is 3. The fourth-order valence-corrected chi connectivity index (χ4v) is 11.1. The van der Waals surface area contributed by atoms with Crippen molar-refractivity contribution in [1.82, 2.24) is 0 Å². The van der Waals surface area contributed by atoms with Crippen molar-refractivity contribution in [2.24, 2.45) is 0 Å². The average Bonchev–Trinajstić information content (AvgIpc) is 3.54. The maximum Gasteiger partial charge on any atom is 0.472 e. The molecular weight excluding hydrogens is 1170 g/mol. The standard InChI is InChI=1S/C71H128O16P2/c1-4-7-10-13-16-19-22-25-28-30-32-34-37-39-42-45-48-51-54-57-69(74)81-60-66(72)61-83-88(77,78)84-62-67(73)63-85-89(79,80)86-65-68(87-71(76)59-56-53-50-47-44-41-36-27-24-21-18-15-12-9-6-3)64-82-70(75)58-55-52-49-46-43-40-38-35-33-31-29-26-23-20-17-14-11-8-5-2/h16-17,19-20,25-26,28-29,32-35,66-68,72-73H,4-15,18,21-24,27,30-31,36-65H2,1-3H3,(H,77,78)(H,79,80)/b19-16-,20-17-,28-25-,29-26-,34-32-,35-33-. The average molecular weight is 1300 g/mol. The van der Waals surface area contributed by atoms with E-state index in [0.717, 1.165) is 135 Å². The molecule has 0 saturated heterocycles. The molecule has 0 radical (unpaired) electrons. The predicted molar refractivity (Wildman–Crippen MR) is 362 cm³/mol. The van der Waals surface area contributed by atoms with Gasteiger partial charge in [-0.05, 0) is 96.3 Å². The van der Waals surface area contributed by atoms with Crippen LogP contribution in [0.2, 0.25) is 0 Å². The number of carbonyl (C=O) groups excluding carboxylic acids is 3. The second kappa shape index (κ2) is 65.1. The van der Waals surface area contributed by atoms with Crippen molar-refractivity contribution in [1.29, 1.82) is 0 Å². The second-order valence-electron chi connectivity index (χ2n) is 23.7. The summed E-state index contributed by atoms with van der Waals surface area (Å²) in [5.41, 5.74) is 0. The summed E-state index contributed by atoms with van der Waals surface area (Å²) in [4.78, 5) is 58.4. The van der Waals surface area contributed by atoms with Gasteiger partial charge in [-0.2, -0.15) is 0 Å². The summed E-state index contributed by atoms with van der Waals surface area (Å²) in [7, 11) is -9.77. The van der Waals surface area contributed by atoms with Gasteiger partial charge in [0.15, 0.2) is 6.10 Å². The Morgan fingerprint density at radius 1 is 0.315 bits per heavy atom. The third kappa shape index (κ3) is 66.3. The number of rotatable bonds is 67. The van der Waals surface area contributed by atoms with Crippen molar-refractivity contribution >= 4 is 33.6 Å². The summed E-state index contributed by atoms with van der Waals surface area (Å²) in [5.74, 6) is -1.59. The summed E-state index contributed by atoms with van der Waals surface area (Å²) >= 11 is 0. The Labute approximate surface area is 541 Å². The van der Waals surface area contributed by atoms with Gasteiger partial charge in [0.25, 0.3) is 0 Å². The lowest BCUT2D eigenvalue weighted by Gasteiger charge is -2.21. The van der Waals surface area contributed by atoms with Gasteiger partial charge in [-0.25, -0.2) is 9.13 Å². The van der Waals surface area contributed by atoms with Crippen LogP contribution in [0.3, 0.4) is 0 Å². The largest absolute Gasteiger partial charge is 0.472 e. The molecule has 0 aliphatic carbocycles. The van der Waals surface area contributed by atoms with E-state index >= 15 is 0 Å². The minimum Gasteiger partial charge on any atom is -0.463 e. The van der Waals surface area contributed by atoms with Gasteiger partial charge in [0, 0.05) is 19.3 Å². The molecule has 518 valence electrons. The van der Waals surface area contributed by atoms with Crippen LogP contribution in [-0.2, 0) is 55.8 Å². The highest BCUT2D eigenvalue weighted by molar-refractivity contribution is 7.47. The van der Waals surface area contributed by atoms with Gasteiger partial charge in [-0.15, -0.1) is 0 Å². The molecule has 4 N–H and O–H groups in total. The van der Waals surface area contributed by atoms with E-state index in [-0.39, 0.29) is 19.3 Å². The lowest BCUT2D eigenvalue weighted by atomic mass is 10.0. The Morgan fingerprint density at radius 2 is 0.562 bits per heavy atom. The predicted octanol–water partition coefficient (Wildman–Crippen LogP) is 19.5. The zero-order chi connectivity index (χ0) is 65.3. The number of aliphatic hydroxyl groups is 2. The Kier molecular flexibility index (Phi) is 62.9. The highest BCUT2D eigenvalue weighted by atomic mass is 31.2. The van der Waals surface area contributed by atoms with Crippen LogP contribution in [0.5, 0.6) is 0 Å². The normalized spacial score (nSPS) is 14.6. The lowest BCUT2D eigenvalue weighted by Crippen LogP contribution is -2.30. The zero-order valence-corrected chi connectivity index (χ0v) is 57.9. The molecule has 5 unspecified atom stereocenters. The van der Waals surface area contributed by atoms with E-state index < -0.39 is 91.5 Å². The fourth-order valence-electron chi connectivity index (χ4n) is 9.47. The van der Waals surface area contributed by atoms with Gasteiger partial charge in [-0.3, -0.25) is 32.5 Å². The lowest BCUT2D eigenvalue weighted by molar-refractivity contribution is -0.161. The minimum atomic E-state index is -4.92. The molecule has 0 fully saturated rings. The number of hydrogen-bond donors (Lipinski definition) is 4. The van der Waals surface area contributed by atoms with Crippen LogP contribution in [0.1, 0.15) is 303 Å². The highest BCUT2D eigenvalue weighted by Crippen LogP contribution is 2.45. The topological polar surface area (TPSA) is 231 Å². The van der Waals surface area contributed by atoms with Crippen molar-refractivity contribution in [3.8, 4) is 0 Å². The third-order valence-electron chi connectivity index (χ3n) is 14.9. The molecule has 0 aromatic rings. The van der Waals surface area contributed by atoms with Gasteiger partial charge in [0.05, 0.1) is 26.4 Å². The van der Waals surface area contributed by atoms with Crippen LogP contribution in [-0.4, -0.2) is 95.9 Å². The van der Waals surface area contributed by atoms with Crippen molar-refractivity contribution < 1.29 is 75.8 Å². The van der Waals surface area contributed by atoms with Crippen LogP contribution in [0.4, 0.5) is 0 Å². The number of phosphoric ester groups is 2. The Balaban J connectivity index is 4.68. The summed E-state index contributed by atoms with van der Waals surface area (Å²) in [6.45, 7) is 2.62. The van der Waals surface area contributed by atoms with E-state index in [4.69, 9.17) is 32.3 Å². The van der Waals surface area contributed by atoms with Crippen molar-refractivity contribution in [3.05, 3.63) is 72.9 Å². The first-order valence-electron chi connectivity index (χ1n) is 35.2. The van der Waals surface area contributed by atoms with E-state index in [1.165, 1.54) is 109 Å². The maximum absolute atomic E-state index is 12.9. The summed E-state index contributed by atoms with van der Waals surface area (Å²) in [5, 5.41) is 20.5. The number of esters is 3. The number of hydrogen-bond acceptors (Lipinski definition) is 14. The minimum absolute atomic E-state index is 0.106. The van der Waals surface area contributed by atoms with E-state index in [9.17, 15) is 43.5 Å². The quantitative estimate of drug-likeness (QED) is 0.0146. The first-order chi connectivity index (χ1) is 43.2. The van der Waals surface area contributed by atoms with E-state index in [2.05, 4.69) is 93.7 Å². The summed E-state index contributed by atoms with van der Waals surface area (Å²) in [6, 6.07) is 0. The van der Waals surface area contributed by atoms with Crippen LogP contribution in [0.25, 0.3) is 0 Å². The highest BCUT2D eigenvalue weighted by Gasteiger charge is 2.29. The Hall–Kier alpha value is -3.01. The SMILES string of the molecule is CCCCC/C=C\C/C=C\C/C=C\CCCCCCCCC(=O)OCC(O)COP(=O)(O)OCC(O)COP(=O)(O)OCC(COC(=O)CCCCCCCC/C=C\C/C=C\C/C=C\CCCCC)OC(=O)CCCCCCCCCCCCCCCCC. The van der Waals surface area contributed by atoms with Gasteiger partial charge in [0.2, 0.25) is 0 Å². The zero-order valence-electron chi connectivity index (χ0n) is 56.1. The molecule has 0 aromatic carbocycles. The molecule has 18 heteroatoms.